The van der Waals surface area contributed by atoms with E-state index < -0.39 is 11.0 Å². The molecule has 0 spiro atoms. The minimum Gasteiger partial charge on any atom is -0.315 e. The van der Waals surface area contributed by atoms with Gasteiger partial charge < -0.3 is 5.73 Å². The van der Waals surface area contributed by atoms with Crippen LogP contribution in [0.4, 0.5) is 0 Å². The second kappa shape index (κ2) is 2.77. The molecule has 0 aromatic heterocycles. The molecule has 0 aromatic carbocycles. The number of nitrogens with two attached hydrogens (primary N) is 1. The van der Waals surface area contributed by atoms with Crippen LogP contribution in [0.3, 0.4) is 0 Å². The molecule has 54 valence electrons. The van der Waals surface area contributed by atoms with Crippen LogP contribution in [0, 0.1) is 0 Å². The SMILES string of the molecule is CS(=O)N1CCCC1N. The molecule has 1 saturated heterocycles. The smallest absolute Gasteiger partial charge is 0.0924 e. The van der Waals surface area contributed by atoms with E-state index in [0.29, 0.717) is 0 Å². The summed E-state index contributed by atoms with van der Waals surface area (Å²) in [5, 5.41) is 0. The lowest BCUT2D eigenvalue weighted by atomic mass is 10.3. The zero-order chi connectivity index (χ0) is 6.85. The number of rotatable bonds is 1. The van der Waals surface area contributed by atoms with Crippen LogP contribution in [0.25, 0.3) is 0 Å². The molecule has 0 bridgehead atoms. The third kappa shape index (κ3) is 1.50. The van der Waals surface area contributed by atoms with Crippen molar-refractivity contribution >= 4 is 11.0 Å². The van der Waals surface area contributed by atoms with Crippen LogP contribution < -0.4 is 5.73 Å². The van der Waals surface area contributed by atoms with E-state index in [9.17, 15) is 4.21 Å². The Morgan fingerprint density at radius 2 is 2.44 bits per heavy atom. The predicted molar refractivity (Wildman–Crippen MR) is 38.0 cm³/mol. The van der Waals surface area contributed by atoms with E-state index >= 15 is 0 Å². The van der Waals surface area contributed by atoms with Crippen LogP contribution in [0.1, 0.15) is 12.8 Å². The number of nitrogens with zero attached hydrogens (tertiary/aromatic N) is 1. The minimum atomic E-state index is -0.863. The quantitative estimate of drug-likeness (QED) is 0.553. The highest BCUT2D eigenvalue weighted by Gasteiger charge is 2.22. The first-order valence-electron chi connectivity index (χ1n) is 3.07. The van der Waals surface area contributed by atoms with Crippen molar-refractivity contribution in [2.45, 2.75) is 19.0 Å². The van der Waals surface area contributed by atoms with Gasteiger partial charge in [-0.05, 0) is 12.8 Å². The lowest BCUT2D eigenvalue weighted by molar-refractivity contribution is 0.428. The molecule has 2 N–H and O–H groups in total. The minimum absolute atomic E-state index is 0.0378. The average molecular weight is 148 g/mol. The van der Waals surface area contributed by atoms with Gasteiger partial charge in [0.25, 0.3) is 0 Å². The predicted octanol–water partition coefficient (Wildman–Crippen LogP) is -0.339. The first kappa shape index (κ1) is 7.18. The summed E-state index contributed by atoms with van der Waals surface area (Å²) in [7, 11) is -0.863. The van der Waals surface area contributed by atoms with E-state index in [2.05, 4.69) is 0 Å². The van der Waals surface area contributed by atoms with Crippen molar-refractivity contribution in [2.24, 2.45) is 5.73 Å². The lowest BCUT2D eigenvalue weighted by Crippen LogP contribution is -2.37. The van der Waals surface area contributed by atoms with Crippen molar-refractivity contribution in [3.8, 4) is 0 Å². The fourth-order valence-corrected chi connectivity index (χ4v) is 1.96. The van der Waals surface area contributed by atoms with Crippen molar-refractivity contribution in [2.75, 3.05) is 12.8 Å². The maximum atomic E-state index is 10.8. The lowest BCUT2D eigenvalue weighted by Gasteiger charge is -2.15. The summed E-state index contributed by atoms with van der Waals surface area (Å²) in [6, 6.07) is 0. The van der Waals surface area contributed by atoms with E-state index in [1.54, 1.807) is 6.26 Å². The van der Waals surface area contributed by atoms with E-state index in [1.165, 1.54) is 0 Å². The molecule has 1 fully saturated rings. The monoisotopic (exact) mass is 148 g/mol. The van der Waals surface area contributed by atoms with Crippen LogP contribution in [-0.4, -0.2) is 27.5 Å². The Bertz CT molecular complexity index is 128. The van der Waals surface area contributed by atoms with Gasteiger partial charge in [0.05, 0.1) is 17.2 Å². The van der Waals surface area contributed by atoms with Crippen molar-refractivity contribution in [1.29, 1.82) is 0 Å². The standard InChI is InChI=1S/C5H12N2OS/c1-9(8)7-4-2-3-5(7)6/h5H,2-4,6H2,1H3. The summed E-state index contributed by atoms with van der Waals surface area (Å²) in [6.45, 7) is 0.893. The van der Waals surface area contributed by atoms with Gasteiger partial charge in [0, 0.05) is 12.8 Å². The zero-order valence-corrected chi connectivity index (χ0v) is 6.36. The Morgan fingerprint density at radius 3 is 2.67 bits per heavy atom. The van der Waals surface area contributed by atoms with Crippen LogP contribution in [0.2, 0.25) is 0 Å². The molecule has 0 radical (unpaired) electrons. The molecule has 0 aliphatic carbocycles. The Hall–Kier alpha value is 0.0700. The van der Waals surface area contributed by atoms with Gasteiger partial charge in [-0.2, -0.15) is 0 Å². The van der Waals surface area contributed by atoms with Gasteiger partial charge in [-0.1, -0.05) is 0 Å². The van der Waals surface area contributed by atoms with Gasteiger partial charge in [-0.15, -0.1) is 0 Å². The van der Waals surface area contributed by atoms with E-state index in [4.69, 9.17) is 5.73 Å². The van der Waals surface area contributed by atoms with Crippen LogP contribution >= 0.6 is 0 Å². The Labute approximate surface area is 57.8 Å². The van der Waals surface area contributed by atoms with Gasteiger partial charge in [0.2, 0.25) is 0 Å². The molecule has 0 saturated carbocycles. The molecule has 0 aromatic rings. The van der Waals surface area contributed by atoms with Crippen molar-refractivity contribution < 1.29 is 4.21 Å². The summed E-state index contributed by atoms with van der Waals surface area (Å²) in [5.41, 5.74) is 5.61. The summed E-state index contributed by atoms with van der Waals surface area (Å²) < 4.78 is 12.6. The normalized spacial score (nSPS) is 32.9. The fraction of sp³-hybridized carbons (Fsp3) is 1.00. The van der Waals surface area contributed by atoms with Crippen molar-refractivity contribution in [1.82, 2.24) is 4.31 Å². The first-order chi connectivity index (χ1) is 4.22. The highest BCUT2D eigenvalue weighted by Crippen LogP contribution is 2.13. The molecule has 2 unspecified atom stereocenters. The molecule has 1 aliphatic rings. The maximum Gasteiger partial charge on any atom is 0.0924 e. The van der Waals surface area contributed by atoms with Gasteiger partial charge in [-0.25, -0.2) is 8.51 Å². The topological polar surface area (TPSA) is 46.3 Å². The van der Waals surface area contributed by atoms with Crippen LogP contribution in [0.5, 0.6) is 0 Å². The number of hydrogen-bond donors (Lipinski definition) is 1. The molecular formula is C5H12N2OS. The molecule has 4 heteroatoms. The Kier molecular flexibility index (Phi) is 2.21. The average Bonchev–Trinajstić information content (AvgIpc) is 2.13. The van der Waals surface area contributed by atoms with E-state index in [1.807, 2.05) is 4.31 Å². The maximum absolute atomic E-state index is 10.8. The Balaban J connectivity index is 2.49. The van der Waals surface area contributed by atoms with E-state index in [0.717, 1.165) is 19.4 Å². The van der Waals surface area contributed by atoms with Crippen LogP contribution in [-0.2, 0) is 11.0 Å². The third-order valence-electron chi connectivity index (χ3n) is 1.58. The summed E-state index contributed by atoms with van der Waals surface area (Å²) in [6.07, 6.45) is 3.78. The molecule has 1 rings (SSSR count). The molecule has 3 nitrogen and oxygen atoms in total. The largest absolute Gasteiger partial charge is 0.315 e. The third-order valence-corrected chi connectivity index (χ3v) is 2.69. The van der Waals surface area contributed by atoms with E-state index in [-0.39, 0.29) is 6.17 Å². The van der Waals surface area contributed by atoms with Gasteiger partial charge in [0.1, 0.15) is 0 Å². The molecule has 1 aliphatic heterocycles. The van der Waals surface area contributed by atoms with Crippen LogP contribution in [0.15, 0.2) is 0 Å². The highest BCUT2D eigenvalue weighted by molar-refractivity contribution is 7.81. The first-order valence-corrected chi connectivity index (χ1v) is 4.59. The van der Waals surface area contributed by atoms with Crippen molar-refractivity contribution in [3.63, 3.8) is 0 Å². The second-order valence-corrected chi connectivity index (χ2v) is 3.59. The fourth-order valence-electron chi connectivity index (χ4n) is 1.09. The van der Waals surface area contributed by atoms with Crippen molar-refractivity contribution in [3.05, 3.63) is 0 Å². The summed E-state index contributed by atoms with van der Waals surface area (Å²) in [5.74, 6) is 0. The van der Waals surface area contributed by atoms with Gasteiger partial charge in [0.15, 0.2) is 0 Å². The Morgan fingerprint density at radius 1 is 1.78 bits per heavy atom. The molecule has 1 heterocycles. The highest BCUT2D eigenvalue weighted by atomic mass is 32.2. The molecular weight excluding hydrogens is 136 g/mol. The molecule has 2 atom stereocenters. The summed E-state index contributed by atoms with van der Waals surface area (Å²) in [4.78, 5) is 0. The van der Waals surface area contributed by atoms with Gasteiger partial charge >= 0.3 is 0 Å². The molecule has 9 heavy (non-hydrogen) atoms. The number of hydrogen-bond acceptors (Lipinski definition) is 2. The molecule has 0 amide bonds. The second-order valence-electron chi connectivity index (χ2n) is 2.27. The summed E-state index contributed by atoms with van der Waals surface area (Å²) >= 11 is 0. The van der Waals surface area contributed by atoms with Gasteiger partial charge in [-0.3, -0.25) is 0 Å². The zero-order valence-electron chi connectivity index (χ0n) is 5.54.